The highest BCUT2D eigenvalue weighted by Crippen LogP contribution is 2.13. The molecule has 19 heavy (non-hydrogen) atoms. The summed E-state index contributed by atoms with van der Waals surface area (Å²) in [5.41, 5.74) is 1.29. The van der Waals surface area contributed by atoms with E-state index >= 15 is 0 Å². The number of esters is 1. The molecule has 98 valence electrons. The Kier molecular flexibility index (Phi) is 3.92. The van der Waals surface area contributed by atoms with Crippen molar-refractivity contribution in [2.75, 3.05) is 12.4 Å². The normalized spacial score (nSPS) is 9.95. The van der Waals surface area contributed by atoms with Crippen LogP contribution in [0.2, 0.25) is 0 Å². The first-order chi connectivity index (χ1) is 9.20. The van der Waals surface area contributed by atoms with Gasteiger partial charge in [0.2, 0.25) is 0 Å². The van der Waals surface area contributed by atoms with E-state index in [-0.39, 0.29) is 0 Å². The van der Waals surface area contributed by atoms with E-state index in [9.17, 15) is 10.0 Å². The molecule has 6 nitrogen and oxygen atoms in total. The maximum atomic E-state index is 11.5. The fraction of sp³-hybridized carbons (Fsp3) is 0.154. The summed E-state index contributed by atoms with van der Waals surface area (Å²) in [7, 11) is 1.32. The van der Waals surface area contributed by atoms with Crippen LogP contribution in [-0.2, 0) is 11.3 Å². The molecule has 0 atom stereocenters. The molecule has 0 amide bonds. The third-order valence-electron chi connectivity index (χ3n) is 2.54. The minimum Gasteiger partial charge on any atom is -0.619 e. The third kappa shape index (κ3) is 3.19. The zero-order valence-electron chi connectivity index (χ0n) is 10.4. The van der Waals surface area contributed by atoms with Gasteiger partial charge in [-0.15, -0.1) is 0 Å². The molecular weight excluding hydrogens is 246 g/mol. The van der Waals surface area contributed by atoms with Crippen molar-refractivity contribution < 1.29 is 14.3 Å². The van der Waals surface area contributed by atoms with Gasteiger partial charge in [-0.25, -0.2) is 9.78 Å². The third-order valence-corrected chi connectivity index (χ3v) is 2.54. The first kappa shape index (κ1) is 12.8. The van der Waals surface area contributed by atoms with Crippen molar-refractivity contribution >= 4 is 11.8 Å². The molecule has 2 aromatic heterocycles. The van der Waals surface area contributed by atoms with E-state index in [4.69, 9.17) is 0 Å². The molecule has 2 aromatic rings. The van der Waals surface area contributed by atoms with Crippen molar-refractivity contribution in [3.63, 3.8) is 0 Å². The van der Waals surface area contributed by atoms with E-state index in [0.29, 0.717) is 22.7 Å². The van der Waals surface area contributed by atoms with Crippen LogP contribution >= 0.6 is 0 Å². The van der Waals surface area contributed by atoms with E-state index in [1.54, 1.807) is 30.5 Å². The minimum atomic E-state index is -0.443. The quantitative estimate of drug-likeness (QED) is 0.505. The van der Waals surface area contributed by atoms with Gasteiger partial charge in [0.05, 0.1) is 7.11 Å². The smallest absolute Gasteiger partial charge is 0.341 e. The summed E-state index contributed by atoms with van der Waals surface area (Å²) in [5.74, 6) is 0.00858. The van der Waals surface area contributed by atoms with E-state index in [1.165, 1.54) is 19.5 Å². The molecule has 0 aliphatic heterocycles. The molecular formula is C13H13N3O3. The zero-order valence-corrected chi connectivity index (χ0v) is 10.4. The molecule has 0 unspecified atom stereocenters. The van der Waals surface area contributed by atoms with Crippen LogP contribution in [0.4, 0.5) is 5.82 Å². The second-order valence-corrected chi connectivity index (χ2v) is 3.81. The standard InChI is InChI=1S/C13H13N3O3/c1-19-13(17)11-3-2-6-14-12(11)15-9-10-4-7-16(18)8-5-10/h2-8H,9H2,1H3,(H,14,15). The van der Waals surface area contributed by atoms with Gasteiger partial charge in [-0.05, 0) is 17.7 Å². The Bertz CT molecular complexity index is 570. The molecule has 6 heteroatoms. The summed E-state index contributed by atoms with van der Waals surface area (Å²) < 4.78 is 5.39. The molecule has 0 fully saturated rings. The average molecular weight is 259 g/mol. The lowest BCUT2D eigenvalue weighted by Gasteiger charge is -2.09. The predicted octanol–water partition coefficient (Wildman–Crippen LogP) is 1.11. The van der Waals surface area contributed by atoms with Crippen molar-refractivity contribution in [3.8, 4) is 0 Å². The van der Waals surface area contributed by atoms with Crippen LogP contribution in [0.3, 0.4) is 0 Å². The van der Waals surface area contributed by atoms with Crippen molar-refractivity contribution in [2.24, 2.45) is 0 Å². The maximum Gasteiger partial charge on any atom is 0.341 e. The Hall–Kier alpha value is -2.63. The Balaban J connectivity index is 2.11. The van der Waals surface area contributed by atoms with Crippen LogP contribution < -0.4 is 10.0 Å². The lowest BCUT2D eigenvalue weighted by molar-refractivity contribution is -0.605. The molecule has 0 aliphatic rings. The monoisotopic (exact) mass is 259 g/mol. The van der Waals surface area contributed by atoms with E-state index in [0.717, 1.165) is 5.56 Å². The number of ether oxygens (including phenoxy) is 1. The molecule has 0 radical (unpaired) electrons. The second kappa shape index (κ2) is 5.81. The van der Waals surface area contributed by atoms with Gasteiger partial charge in [0.25, 0.3) is 0 Å². The molecule has 0 aliphatic carbocycles. The fourth-order valence-corrected chi connectivity index (χ4v) is 1.57. The van der Waals surface area contributed by atoms with Crippen LogP contribution in [0.25, 0.3) is 0 Å². The molecule has 0 saturated carbocycles. The van der Waals surface area contributed by atoms with E-state index < -0.39 is 5.97 Å². The number of anilines is 1. The molecule has 0 saturated heterocycles. The summed E-state index contributed by atoms with van der Waals surface area (Å²) in [6, 6.07) is 6.69. The number of carbonyl (C=O) groups excluding carboxylic acids is 1. The van der Waals surface area contributed by atoms with Gasteiger partial charge in [-0.3, -0.25) is 0 Å². The SMILES string of the molecule is COC(=O)c1cccnc1NCc1cc[n+]([O-])cc1. The summed E-state index contributed by atoms with van der Waals surface area (Å²) >= 11 is 0. The molecule has 0 aromatic carbocycles. The topological polar surface area (TPSA) is 78.2 Å². The number of pyridine rings is 2. The number of hydrogen-bond acceptors (Lipinski definition) is 5. The Morgan fingerprint density at radius 2 is 2.16 bits per heavy atom. The van der Waals surface area contributed by atoms with Crippen molar-refractivity contribution in [3.05, 3.63) is 59.2 Å². The molecule has 0 bridgehead atoms. The Morgan fingerprint density at radius 1 is 1.42 bits per heavy atom. The highest BCUT2D eigenvalue weighted by molar-refractivity contribution is 5.94. The van der Waals surface area contributed by atoms with Gasteiger partial charge in [0.1, 0.15) is 11.4 Å². The van der Waals surface area contributed by atoms with Gasteiger partial charge >= 0.3 is 5.97 Å². The Labute approximate surface area is 110 Å². The lowest BCUT2D eigenvalue weighted by atomic mass is 10.2. The van der Waals surface area contributed by atoms with Crippen LogP contribution in [0.1, 0.15) is 15.9 Å². The summed E-state index contributed by atoms with van der Waals surface area (Å²) in [5, 5.41) is 13.9. The lowest BCUT2D eigenvalue weighted by Crippen LogP contribution is -2.24. The summed E-state index contributed by atoms with van der Waals surface area (Å²) in [4.78, 5) is 15.6. The highest BCUT2D eigenvalue weighted by atomic mass is 16.5. The van der Waals surface area contributed by atoms with Crippen LogP contribution in [-0.4, -0.2) is 18.1 Å². The number of nitrogens with one attached hydrogen (secondary N) is 1. The van der Waals surface area contributed by atoms with Crippen molar-refractivity contribution in [1.82, 2.24) is 4.98 Å². The van der Waals surface area contributed by atoms with Crippen LogP contribution in [0.5, 0.6) is 0 Å². The first-order valence-corrected chi connectivity index (χ1v) is 5.65. The van der Waals surface area contributed by atoms with Gasteiger partial charge in [0, 0.05) is 24.9 Å². The molecule has 2 heterocycles. The van der Waals surface area contributed by atoms with Gasteiger partial charge < -0.3 is 15.3 Å². The number of carbonyl (C=O) groups is 1. The summed E-state index contributed by atoms with van der Waals surface area (Å²) in [6.07, 6.45) is 4.42. The zero-order chi connectivity index (χ0) is 13.7. The first-order valence-electron chi connectivity index (χ1n) is 5.65. The number of methoxy groups -OCH3 is 1. The number of hydrogen-bond donors (Lipinski definition) is 1. The molecule has 2 rings (SSSR count). The number of nitrogens with zero attached hydrogens (tertiary/aromatic N) is 2. The fourth-order valence-electron chi connectivity index (χ4n) is 1.57. The van der Waals surface area contributed by atoms with Crippen LogP contribution in [0.15, 0.2) is 42.9 Å². The predicted molar refractivity (Wildman–Crippen MR) is 68.3 cm³/mol. The van der Waals surface area contributed by atoms with Crippen LogP contribution in [0, 0.1) is 5.21 Å². The number of aromatic nitrogens is 2. The van der Waals surface area contributed by atoms with Crippen molar-refractivity contribution in [2.45, 2.75) is 6.54 Å². The van der Waals surface area contributed by atoms with E-state index in [2.05, 4.69) is 15.0 Å². The number of rotatable bonds is 4. The minimum absolute atomic E-state index is 0.375. The Morgan fingerprint density at radius 3 is 2.84 bits per heavy atom. The molecule has 0 spiro atoms. The maximum absolute atomic E-state index is 11.5. The van der Waals surface area contributed by atoms with Gasteiger partial charge in [0.15, 0.2) is 12.4 Å². The molecule has 1 N–H and O–H groups in total. The van der Waals surface area contributed by atoms with E-state index in [1.807, 2.05) is 0 Å². The highest BCUT2D eigenvalue weighted by Gasteiger charge is 2.11. The average Bonchev–Trinajstić information content (AvgIpc) is 2.46. The second-order valence-electron chi connectivity index (χ2n) is 3.81. The van der Waals surface area contributed by atoms with Gasteiger partial charge in [-0.1, -0.05) is 0 Å². The largest absolute Gasteiger partial charge is 0.619 e. The van der Waals surface area contributed by atoms with Gasteiger partial charge in [-0.2, -0.15) is 4.73 Å². The summed E-state index contributed by atoms with van der Waals surface area (Å²) in [6.45, 7) is 0.460. The van der Waals surface area contributed by atoms with Crippen molar-refractivity contribution in [1.29, 1.82) is 0 Å².